The van der Waals surface area contributed by atoms with Gasteiger partial charge in [0.25, 0.3) is 5.91 Å². The number of aliphatic hydroxyl groups is 1. The minimum absolute atomic E-state index is 0.0188. The van der Waals surface area contributed by atoms with E-state index in [9.17, 15) is 23.1 Å². The topological polar surface area (TPSA) is 83.3 Å². The molecular formula is C25H29ClF3N5O2S. The molecule has 1 atom stereocenters. The summed E-state index contributed by atoms with van der Waals surface area (Å²) in [7, 11) is 0. The van der Waals surface area contributed by atoms with E-state index < -0.39 is 17.6 Å². The lowest BCUT2D eigenvalue weighted by atomic mass is 9.92. The zero-order chi connectivity index (χ0) is 26.8. The Morgan fingerprint density at radius 2 is 1.97 bits per heavy atom. The first kappa shape index (κ1) is 27.6. The SMILES string of the molecule is CC(C)(CO)C(=O)n1nc(C2CCN(C(c3ccccn3)C(F)(F)F)CC2)cc1NCc1ccc(Cl)s1. The highest BCUT2D eigenvalue weighted by Gasteiger charge is 2.46. The number of piperidine rings is 1. The molecular weight excluding hydrogens is 527 g/mol. The lowest BCUT2D eigenvalue weighted by molar-refractivity contribution is -0.190. The summed E-state index contributed by atoms with van der Waals surface area (Å²) in [5, 5.41) is 17.5. The smallest absolute Gasteiger partial charge is 0.395 e. The standard InChI is InChI=1S/C25H29ClF3N5O2S/c1-24(2,15-35)23(36)34-21(31-14-17-6-7-20(26)37-17)13-19(32-34)16-8-11-33(12-9-16)22(25(27,28)29)18-5-3-4-10-30-18/h3-7,10,13,16,22,31,35H,8-9,11-12,14-15H2,1-2H3. The number of nitrogens with zero attached hydrogens (tertiary/aromatic N) is 4. The van der Waals surface area contributed by atoms with Crippen LogP contribution in [0.25, 0.3) is 0 Å². The number of anilines is 1. The number of likely N-dealkylation sites (tertiary alicyclic amines) is 1. The van der Waals surface area contributed by atoms with Crippen LogP contribution < -0.4 is 5.32 Å². The normalized spacial score (nSPS) is 16.6. The molecule has 4 heterocycles. The lowest BCUT2D eigenvalue weighted by Gasteiger charge is -2.37. The van der Waals surface area contributed by atoms with E-state index in [2.05, 4.69) is 15.4 Å². The van der Waals surface area contributed by atoms with Crippen molar-refractivity contribution in [2.24, 2.45) is 5.41 Å². The molecule has 1 aliphatic rings. The van der Waals surface area contributed by atoms with Crippen molar-refractivity contribution in [2.45, 2.75) is 51.4 Å². The second kappa shape index (κ2) is 11.1. The van der Waals surface area contributed by atoms with Gasteiger partial charge in [-0.25, -0.2) is 0 Å². The molecule has 12 heteroatoms. The molecule has 4 rings (SSSR count). The zero-order valence-electron chi connectivity index (χ0n) is 20.5. The number of hydrogen-bond acceptors (Lipinski definition) is 7. The van der Waals surface area contributed by atoms with Gasteiger partial charge in [0.1, 0.15) is 11.9 Å². The van der Waals surface area contributed by atoms with Gasteiger partial charge in [0.2, 0.25) is 0 Å². The number of carbonyl (C=O) groups excluding carboxylic acids is 1. The largest absolute Gasteiger partial charge is 0.409 e. The molecule has 1 unspecified atom stereocenters. The average molecular weight is 556 g/mol. The maximum atomic E-state index is 14.0. The van der Waals surface area contributed by atoms with E-state index in [0.717, 1.165) is 4.88 Å². The first-order valence-corrected chi connectivity index (χ1v) is 13.1. The summed E-state index contributed by atoms with van der Waals surface area (Å²) in [5.74, 6) is -0.0234. The van der Waals surface area contributed by atoms with Crippen molar-refractivity contribution in [1.82, 2.24) is 19.7 Å². The highest BCUT2D eigenvalue weighted by atomic mass is 35.5. The Labute approximate surface area is 222 Å². The van der Waals surface area contributed by atoms with Crippen LogP contribution in [-0.2, 0) is 6.54 Å². The summed E-state index contributed by atoms with van der Waals surface area (Å²) in [6.45, 7) is 3.76. The molecule has 200 valence electrons. The molecule has 0 spiro atoms. The zero-order valence-corrected chi connectivity index (χ0v) is 22.1. The van der Waals surface area contributed by atoms with Gasteiger partial charge in [-0.3, -0.25) is 14.7 Å². The number of pyridine rings is 1. The molecule has 0 amide bonds. The number of aromatic nitrogens is 3. The van der Waals surface area contributed by atoms with E-state index in [1.165, 1.54) is 33.2 Å². The lowest BCUT2D eigenvalue weighted by Crippen LogP contribution is -2.43. The highest BCUT2D eigenvalue weighted by Crippen LogP contribution is 2.40. The van der Waals surface area contributed by atoms with Gasteiger partial charge in [-0.05, 0) is 64.0 Å². The van der Waals surface area contributed by atoms with Crippen molar-refractivity contribution in [3.05, 3.63) is 63.2 Å². The first-order valence-electron chi connectivity index (χ1n) is 11.9. The van der Waals surface area contributed by atoms with Crippen LogP contribution in [-0.4, -0.2) is 56.6 Å². The first-order chi connectivity index (χ1) is 17.5. The van der Waals surface area contributed by atoms with Gasteiger partial charge in [0.15, 0.2) is 0 Å². The quantitative estimate of drug-likeness (QED) is 0.368. The molecule has 37 heavy (non-hydrogen) atoms. The van der Waals surface area contributed by atoms with E-state index >= 15 is 0 Å². The van der Waals surface area contributed by atoms with E-state index in [0.29, 0.717) is 35.2 Å². The number of halogens is 4. The van der Waals surface area contributed by atoms with Gasteiger partial charge >= 0.3 is 6.18 Å². The Balaban J connectivity index is 1.53. The van der Waals surface area contributed by atoms with Crippen molar-refractivity contribution >= 4 is 34.7 Å². The van der Waals surface area contributed by atoms with Crippen molar-refractivity contribution in [3.63, 3.8) is 0 Å². The average Bonchev–Trinajstić information content (AvgIpc) is 3.48. The Hall–Kier alpha value is -2.47. The van der Waals surface area contributed by atoms with E-state index in [1.54, 1.807) is 38.1 Å². The minimum atomic E-state index is -4.45. The van der Waals surface area contributed by atoms with Crippen LogP contribution in [0, 0.1) is 5.41 Å². The van der Waals surface area contributed by atoms with Crippen molar-refractivity contribution in [2.75, 3.05) is 25.0 Å². The molecule has 1 aliphatic heterocycles. The minimum Gasteiger partial charge on any atom is -0.395 e. The number of carbonyl (C=O) groups is 1. The summed E-state index contributed by atoms with van der Waals surface area (Å²) < 4.78 is 43.8. The van der Waals surface area contributed by atoms with Crippen LogP contribution in [0.3, 0.4) is 0 Å². The molecule has 1 fully saturated rings. The summed E-state index contributed by atoms with van der Waals surface area (Å²) in [5.41, 5.74) is -0.442. The van der Waals surface area contributed by atoms with Crippen LogP contribution in [0.4, 0.5) is 19.0 Å². The van der Waals surface area contributed by atoms with E-state index in [-0.39, 0.29) is 37.2 Å². The van der Waals surface area contributed by atoms with Crippen molar-refractivity contribution in [1.29, 1.82) is 0 Å². The number of hydrogen-bond donors (Lipinski definition) is 2. The second-order valence-corrected chi connectivity index (χ2v) is 11.6. The van der Waals surface area contributed by atoms with Gasteiger partial charge in [0.05, 0.1) is 34.3 Å². The predicted octanol–water partition coefficient (Wildman–Crippen LogP) is 5.75. The van der Waals surface area contributed by atoms with Crippen LogP contribution in [0.5, 0.6) is 0 Å². The van der Waals surface area contributed by atoms with E-state index in [1.807, 2.05) is 6.07 Å². The predicted molar refractivity (Wildman–Crippen MR) is 137 cm³/mol. The Morgan fingerprint density at radius 1 is 1.24 bits per heavy atom. The second-order valence-electron chi connectivity index (χ2n) is 9.78. The molecule has 0 saturated carbocycles. The molecule has 1 saturated heterocycles. The summed E-state index contributed by atoms with van der Waals surface area (Å²) in [6.07, 6.45) is -2.17. The fourth-order valence-corrected chi connectivity index (χ4v) is 5.44. The monoisotopic (exact) mass is 555 g/mol. The number of aliphatic hydroxyl groups excluding tert-OH is 1. The molecule has 0 radical (unpaired) electrons. The van der Waals surface area contributed by atoms with Crippen LogP contribution in [0.1, 0.15) is 59.7 Å². The number of rotatable bonds is 8. The molecule has 0 aliphatic carbocycles. The van der Waals surface area contributed by atoms with E-state index in [4.69, 9.17) is 11.6 Å². The molecule has 3 aromatic rings. The molecule has 0 aromatic carbocycles. The third-order valence-corrected chi connectivity index (χ3v) is 7.79. The van der Waals surface area contributed by atoms with Gasteiger partial charge < -0.3 is 10.4 Å². The van der Waals surface area contributed by atoms with Crippen LogP contribution in [0.2, 0.25) is 4.34 Å². The third kappa shape index (κ3) is 6.34. The summed E-state index contributed by atoms with van der Waals surface area (Å²) in [6, 6.07) is 8.24. The molecule has 3 aromatic heterocycles. The van der Waals surface area contributed by atoms with Gasteiger partial charge in [-0.1, -0.05) is 17.7 Å². The van der Waals surface area contributed by atoms with Crippen molar-refractivity contribution in [3.8, 4) is 0 Å². The number of thiophene rings is 1. The maximum absolute atomic E-state index is 14.0. The highest BCUT2D eigenvalue weighted by molar-refractivity contribution is 7.16. The van der Waals surface area contributed by atoms with Crippen molar-refractivity contribution < 1.29 is 23.1 Å². The Kier molecular flexibility index (Phi) is 8.27. The van der Waals surface area contributed by atoms with Crippen LogP contribution in [0.15, 0.2) is 42.6 Å². The number of nitrogens with one attached hydrogen (secondary N) is 1. The summed E-state index contributed by atoms with van der Waals surface area (Å²) >= 11 is 7.44. The Morgan fingerprint density at radius 3 is 2.54 bits per heavy atom. The van der Waals surface area contributed by atoms with Gasteiger partial charge in [-0.15, -0.1) is 11.3 Å². The molecule has 2 N–H and O–H groups in total. The third-order valence-electron chi connectivity index (χ3n) is 6.56. The van der Waals surface area contributed by atoms with Crippen LogP contribution >= 0.6 is 22.9 Å². The Bertz CT molecular complexity index is 1210. The summed E-state index contributed by atoms with van der Waals surface area (Å²) in [4.78, 5) is 19.5. The van der Waals surface area contributed by atoms with Gasteiger partial charge in [-0.2, -0.15) is 23.0 Å². The van der Waals surface area contributed by atoms with Gasteiger partial charge in [0, 0.05) is 23.1 Å². The maximum Gasteiger partial charge on any atom is 0.409 e. The molecule has 0 bridgehead atoms. The molecule has 7 nitrogen and oxygen atoms in total. The fraction of sp³-hybridized carbons (Fsp3) is 0.480. The fourth-order valence-electron chi connectivity index (χ4n) is 4.41. The number of alkyl halides is 3.